The Labute approximate surface area is 205 Å². The molecule has 0 aliphatic rings. The van der Waals surface area contributed by atoms with E-state index in [0.29, 0.717) is 0 Å². The summed E-state index contributed by atoms with van der Waals surface area (Å²) in [5.74, 6) is -0.289. The zero-order chi connectivity index (χ0) is 24.7. The second-order valence-electron chi connectivity index (χ2n) is 9.98. The van der Waals surface area contributed by atoms with Gasteiger partial charge >= 0.3 is 0 Å². The van der Waals surface area contributed by atoms with Crippen LogP contribution in [0.5, 0.6) is 0 Å². The second-order valence-corrected chi connectivity index (χ2v) is 15.5. The number of hydrogen-bond donors (Lipinski definition) is 0. The molecule has 0 saturated heterocycles. The molecule has 8 heteroatoms. The van der Waals surface area contributed by atoms with Crippen LogP contribution in [0.25, 0.3) is 16.8 Å². The maximum Gasteiger partial charge on any atom is 0.192 e. The molecule has 2 aromatic heterocycles. The molecule has 178 valence electrons. The minimum atomic E-state index is -2.07. The number of nitrogens with zero attached hydrogens (tertiary/aromatic N) is 4. The Hall–Kier alpha value is -2.03. The lowest BCUT2D eigenvalue weighted by atomic mass is 9.94. The van der Waals surface area contributed by atoms with E-state index in [1.807, 2.05) is 38.0 Å². The number of halogens is 2. The van der Waals surface area contributed by atoms with Gasteiger partial charge in [-0.05, 0) is 77.2 Å². The molecule has 0 saturated carbocycles. The van der Waals surface area contributed by atoms with Gasteiger partial charge in [-0.1, -0.05) is 27.4 Å². The van der Waals surface area contributed by atoms with Crippen LogP contribution in [-0.4, -0.2) is 27.9 Å². The van der Waals surface area contributed by atoms with E-state index < -0.39 is 8.32 Å². The highest BCUT2D eigenvalue weighted by molar-refractivity contribution is 9.10. The van der Waals surface area contributed by atoms with Gasteiger partial charge in [-0.3, -0.25) is 9.36 Å². The van der Waals surface area contributed by atoms with Crippen LogP contribution >= 0.6 is 15.9 Å². The van der Waals surface area contributed by atoms with Crippen molar-refractivity contribution in [2.24, 2.45) is 7.05 Å². The first kappa shape index (κ1) is 25.6. The first-order chi connectivity index (χ1) is 15.2. The minimum absolute atomic E-state index is 0.0465. The average Bonchev–Trinajstić information content (AvgIpc) is 3.28. The Bertz CT molecular complexity index is 1180. The molecule has 0 aliphatic heterocycles. The molecule has 0 amide bonds. The molecule has 3 rings (SSSR count). The van der Waals surface area contributed by atoms with Crippen LogP contribution in [0.2, 0.25) is 18.1 Å². The summed E-state index contributed by atoms with van der Waals surface area (Å²) in [5.41, 5.74) is 4.97. The Balaban J connectivity index is 2.10. The average molecular weight is 534 g/mol. The number of hydrogen-bond acceptors (Lipinski definition) is 3. The van der Waals surface area contributed by atoms with Crippen molar-refractivity contribution in [2.75, 3.05) is 0 Å². The summed E-state index contributed by atoms with van der Waals surface area (Å²) in [6, 6.07) is 4.84. The van der Waals surface area contributed by atoms with Crippen LogP contribution in [0, 0.1) is 5.82 Å². The fourth-order valence-corrected chi connectivity index (χ4v) is 5.49. The fraction of sp³-hybridized carbons (Fsp3) is 0.440. The highest BCUT2D eigenvalue weighted by Crippen LogP contribution is 2.42. The first-order valence-electron chi connectivity index (χ1n) is 11.2. The number of aromatic nitrogens is 4. The van der Waals surface area contributed by atoms with Crippen LogP contribution in [0.1, 0.15) is 57.4 Å². The Morgan fingerprint density at radius 2 is 1.88 bits per heavy atom. The quantitative estimate of drug-likeness (QED) is 0.298. The zero-order valence-corrected chi connectivity index (χ0v) is 23.4. The van der Waals surface area contributed by atoms with E-state index in [4.69, 9.17) is 9.52 Å². The topological polar surface area (TPSA) is 44.9 Å². The van der Waals surface area contributed by atoms with Crippen molar-refractivity contribution < 1.29 is 8.82 Å². The van der Waals surface area contributed by atoms with Gasteiger partial charge in [0.2, 0.25) is 0 Å². The Kier molecular flexibility index (Phi) is 7.22. The molecule has 1 atom stereocenters. The third kappa shape index (κ3) is 5.23. The van der Waals surface area contributed by atoms with E-state index in [2.05, 4.69) is 61.5 Å². The summed E-state index contributed by atoms with van der Waals surface area (Å²) in [6.07, 6.45) is 3.63. The van der Waals surface area contributed by atoms with Crippen molar-refractivity contribution in [3.05, 3.63) is 64.3 Å². The summed E-state index contributed by atoms with van der Waals surface area (Å²) in [4.78, 5) is 0. The van der Waals surface area contributed by atoms with Crippen molar-refractivity contribution in [1.82, 2.24) is 19.6 Å². The number of rotatable bonds is 7. The van der Waals surface area contributed by atoms with Gasteiger partial charge in [0.05, 0.1) is 6.10 Å². The zero-order valence-electron chi connectivity index (χ0n) is 20.8. The minimum Gasteiger partial charge on any atom is -0.410 e. The van der Waals surface area contributed by atoms with Gasteiger partial charge in [-0.25, -0.2) is 4.39 Å². The smallest absolute Gasteiger partial charge is 0.192 e. The van der Waals surface area contributed by atoms with Crippen LogP contribution in [0.3, 0.4) is 0 Å². The molecule has 0 bridgehead atoms. The monoisotopic (exact) mass is 532 g/mol. The molecule has 0 N–H and O–H groups in total. The maximum atomic E-state index is 14.4. The van der Waals surface area contributed by atoms with E-state index in [0.717, 1.165) is 44.7 Å². The Morgan fingerprint density at radius 3 is 2.45 bits per heavy atom. The van der Waals surface area contributed by atoms with Gasteiger partial charge in [0.1, 0.15) is 16.1 Å². The third-order valence-corrected chi connectivity index (χ3v) is 11.6. The maximum absolute atomic E-state index is 14.4. The van der Waals surface area contributed by atoms with E-state index in [-0.39, 0.29) is 17.0 Å². The van der Waals surface area contributed by atoms with Gasteiger partial charge in [0.25, 0.3) is 0 Å². The molecule has 0 spiro atoms. The predicted octanol–water partition coefficient (Wildman–Crippen LogP) is 7.35. The number of aryl methyl sites for hydroxylation is 2. The van der Waals surface area contributed by atoms with E-state index in [1.165, 1.54) is 6.07 Å². The lowest BCUT2D eigenvalue weighted by Crippen LogP contribution is -2.41. The summed E-state index contributed by atoms with van der Waals surface area (Å²) < 4.78 is 25.4. The van der Waals surface area contributed by atoms with E-state index >= 15 is 0 Å². The molecule has 0 unspecified atom stereocenters. The second kappa shape index (κ2) is 9.31. The molecule has 2 heterocycles. The standard InChI is InChI=1S/C25H34BrFN4OSi/c1-10-31-15-22(24(26)29-31)16(2)21-14-30(7)28-23(21)19-12-11-18(27)13-20(19)17(3)32-33(8,9)25(4,5)6/h11-15,17H,2,10H2,1,3-9H3/t17-/m1/s1. The van der Waals surface area contributed by atoms with Crippen molar-refractivity contribution >= 4 is 29.8 Å². The van der Waals surface area contributed by atoms with Crippen LogP contribution < -0.4 is 0 Å². The molecule has 0 aliphatic carbocycles. The highest BCUT2D eigenvalue weighted by Gasteiger charge is 2.39. The molecule has 5 nitrogen and oxygen atoms in total. The SMILES string of the molecule is C=C(c1cn(CC)nc1Br)c1cn(C)nc1-c1ccc(F)cc1[C@@H](C)O[Si](C)(C)C(C)(C)C. The molecular weight excluding hydrogens is 499 g/mol. The summed E-state index contributed by atoms with van der Waals surface area (Å²) in [5, 5.41) is 9.28. The summed E-state index contributed by atoms with van der Waals surface area (Å²) in [7, 11) is -0.188. The van der Waals surface area contributed by atoms with Gasteiger partial charge < -0.3 is 4.43 Å². The van der Waals surface area contributed by atoms with Gasteiger partial charge in [0.15, 0.2) is 8.32 Å². The molecule has 0 fully saturated rings. The predicted molar refractivity (Wildman–Crippen MR) is 139 cm³/mol. The van der Waals surface area contributed by atoms with Crippen molar-refractivity contribution in [3.8, 4) is 11.3 Å². The van der Waals surface area contributed by atoms with Crippen LogP contribution in [-0.2, 0) is 18.0 Å². The van der Waals surface area contributed by atoms with E-state index in [1.54, 1.807) is 16.8 Å². The van der Waals surface area contributed by atoms with Crippen molar-refractivity contribution in [3.63, 3.8) is 0 Å². The van der Waals surface area contributed by atoms with Crippen molar-refractivity contribution in [1.29, 1.82) is 0 Å². The van der Waals surface area contributed by atoms with Crippen molar-refractivity contribution in [2.45, 2.75) is 65.4 Å². The normalized spacial score (nSPS) is 13.4. The molecule has 3 aromatic rings. The summed E-state index contributed by atoms with van der Waals surface area (Å²) in [6.45, 7) is 20.2. The van der Waals surface area contributed by atoms with Gasteiger partial charge in [-0.2, -0.15) is 10.2 Å². The number of benzene rings is 1. The molecule has 33 heavy (non-hydrogen) atoms. The highest BCUT2D eigenvalue weighted by atomic mass is 79.9. The fourth-order valence-electron chi connectivity index (χ4n) is 3.58. The van der Waals surface area contributed by atoms with E-state index in [9.17, 15) is 4.39 Å². The molecule has 0 radical (unpaired) electrons. The lowest BCUT2D eigenvalue weighted by molar-refractivity contribution is 0.203. The third-order valence-electron chi connectivity index (χ3n) is 6.50. The molecule has 1 aromatic carbocycles. The summed E-state index contributed by atoms with van der Waals surface area (Å²) >= 11 is 3.56. The van der Waals surface area contributed by atoms with Gasteiger partial charge in [0, 0.05) is 42.7 Å². The van der Waals surface area contributed by atoms with Gasteiger partial charge in [-0.15, -0.1) is 0 Å². The van der Waals surface area contributed by atoms with Crippen LogP contribution in [0.4, 0.5) is 4.39 Å². The van der Waals surface area contributed by atoms with Crippen LogP contribution in [0.15, 0.2) is 41.8 Å². The first-order valence-corrected chi connectivity index (χ1v) is 14.9. The Morgan fingerprint density at radius 1 is 1.21 bits per heavy atom. The largest absolute Gasteiger partial charge is 0.410 e. The molecular formula is C25H34BrFN4OSi. The lowest BCUT2D eigenvalue weighted by Gasteiger charge is -2.38.